The number of hydrogen-bond donors (Lipinski definition) is 1. The molecule has 0 spiro atoms. The van der Waals surface area contributed by atoms with Crippen LogP contribution in [-0.4, -0.2) is 29.9 Å². The number of anilines is 1. The van der Waals surface area contributed by atoms with Crippen molar-refractivity contribution in [1.29, 1.82) is 0 Å². The van der Waals surface area contributed by atoms with Gasteiger partial charge >= 0.3 is 0 Å². The lowest BCUT2D eigenvalue weighted by Gasteiger charge is -2.33. The topological polar surface area (TPSA) is 32.3 Å². The van der Waals surface area contributed by atoms with Crippen molar-refractivity contribution in [2.75, 3.05) is 18.4 Å². The van der Waals surface area contributed by atoms with Crippen LogP contribution in [0.2, 0.25) is 0 Å². The van der Waals surface area contributed by atoms with Crippen molar-refractivity contribution in [3.63, 3.8) is 0 Å². The second-order valence-corrected chi connectivity index (χ2v) is 5.90. The Morgan fingerprint density at radius 1 is 1.25 bits per heavy atom. The third-order valence-corrected chi connectivity index (χ3v) is 4.25. The minimum atomic E-state index is 0.0360. The molecular formula is C17H26N2O. The van der Waals surface area contributed by atoms with Crippen molar-refractivity contribution in [1.82, 2.24) is 4.90 Å². The molecule has 1 aromatic rings. The average Bonchev–Trinajstić information content (AvgIpc) is 2.42. The lowest BCUT2D eigenvalue weighted by molar-refractivity contribution is -0.122. The summed E-state index contributed by atoms with van der Waals surface area (Å²) in [6.45, 7) is 10.3. The van der Waals surface area contributed by atoms with E-state index in [0.717, 1.165) is 42.7 Å². The molecule has 1 amide bonds. The van der Waals surface area contributed by atoms with E-state index < -0.39 is 0 Å². The maximum Gasteiger partial charge on any atom is 0.241 e. The number of rotatable bonds is 3. The van der Waals surface area contributed by atoms with Crippen molar-refractivity contribution in [2.24, 2.45) is 0 Å². The van der Waals surface area contributed by atoms with Crippen molar-refractivity contribution in [3.8, 4) is 0 Å². The fraction of sp³-hybridized carbons (Fsp3) is 0.588. The minimum absolute atomic E-state index is 0.0360. The van der Waals surface area contributed by atoms with Crippen molar-refractivity contribution >= 4 is 11.6 Å². The van der Waals surface area contributed by atoms with Crippen LogP contribution in [0.3, 0.4) is 0 Å². The third-order valence-electron chi connectivity index (χ3n) is 4.25. The van der Waals surface area contributed by atoms with Gasteiger partial charge in [0.05, 0.1) is 6.04 Å². The van der Waals surface area contributed by atoms with Gasteiger partial charge in [-0.25, -0.2) is 0 Å². The first-order valence-electron chi connectivity index (χ1n) is 7.65. The van der Waals surface area contributed by atoms with Crippen molar-refractivity contribution in [3.05, 3.63) is 28.8 Å². The Kier molecular flexibility index (Phi) is 4.81. The monoisotopic (exact) mass is 274 g/mol. The lowest BCUT2D eigenvalue weighted by atomic mass is 10.0. The van der Waals surface area contributed by atoms with Crippen LogP contribution in [-0.2, 0) is 4.79 Å². The van der Waals surface area contributed by atoms with Crippen LogP contribution in [0.15, 0.2) is 12.1 Å². The van der Waals surface area contributed by atoms with E-state index >= 15 is 0 Å². The molecule has 1 heterocycles. The smallest absolute Gasteiger partial charge is 0.241 e. The molecule has 0 aromatic heterocycles. The number of hydrogen-bond acceptors (Lipinski definition) is 2. The molecule has 1 saturated heterocycles. The number of carbonyl (C=O) groups is 1. The molecule has 0 radical (unpaired) electrons. The summed E-state index contributed by atoms with van der Waals surface area (Å²) >= 11 is 0. The molecule has 1 N–H and O–H groups in total. The number of likely N-dealkylation sites (tertiary alicyclic amines) is 1. The number of aryl methyl sites for hydroxylation is 3. The number of benzene rings is 1. The maximum absolute atomic E-state index is 12.6. The summed E-state index contributed by atoms with van der Waals surface area (Å²) in [6, 6.07) is 4.29. The van der Waals surface area contributed by atoms with E-state index in [9.17, 15) is 4.79 Å². The zero-order valence-corrected chi connectivity index (χ0v) is 13.1. The summed E-state index contributed by atoms with van der Waals surface area (Å²) in [5, 5.41) is 3.16. The van der Waals surface area contributed by atoms with E-state index in [1.54, 1.807) is 0 Å². The molecule has 1 aromatic carbocycles. The number of nitrogens with one attached hydrogen (secondary N) is 1. The summed E-state index contributed by atoms with van der Waals surface area (Å²) in [5.74, 6) is 0.154. The Morgan fingerprint density at radius 3 is 2.50 bits per heavy atom. The predicted octanol–water partition coefficient (Wildman–Crippen LogP) is 3.42. The highest BCUT2D eigenvalue weighted by atomic mass is 16.2. The number of amides is 1. The largest absolute Gasteiger partial charge is 0.324 e. The van der Waals surface area contributed by atoms with Gasteiger partial charge in [-0.1, -0.05) is 31.0 Å². The second-order valence-electron chi connectivity index (χ2n) is 5.90. The molecule has 110 valence electrons. The highest BCUT2D eigenvalue weighted by Gasteiger charge is 2.27. The number of likely N-dealkylation sites (N-methyl/N-ethyl adjacent to an activating group) is 1. The van der Waals surface area contributed by atoms with E-state index in [0.29, 0.717) is 0 Å². The standard InChI is InChI=1S/C17H26N2O/c1-5-19-9-7-6-8-15(19)17(20)18-16-13(3)10-12(2)11-14(16)4/h10-11,15H,5-9H2,1-4H3,(H,18,20). The van der Waals surface area contributed by atoms with Crippen molar-refractivity contribution in [2.45, 2.75) is 53.0 Å². The third kappa shape index (κ3) is 3.21. The van der Waals surface area contributed by atoms with Crippen LogP contribution in [0.1, 0.15) is 42.9 Å². The molecule has 1 unspecified atom stereocenters. The Bertz CT molecular complexity index is 473. The summed E-state index contributed by atoms with van der Waals surface area (Å²) in [4.78, 5) is 14.9. The van der Waals surface area contributed by atoms with Gasteiger partial charge < -0.3 is 5.32 Å². The molecule has 3 heteroatoms. The Balaban J connectivity index is 2.15. The molecule has 0 saturated carbocycles. The first-order valence-corrected chi connectivity index (χ1v) is 7.65. The fourth-order valence-corrected chi connectivity index (χ4v) is 3.25. The van der Waals surface area contributed by atoms with Crippen LogP contribution in [0.25, 0.3) is 0 Å². The molecule has 1 aliphatic heterocycles. The average molecular weight is 274 g/mol. The number of piperidine rings is 1. The van der Waals surface area contributed by atoms with Crippen LogP contribution < -0.4 is 5.32 Å². The molecule has 1 aliphatic rings. The highest BCUT2D eigenvalue weighted by Crippen LogP contribution is 2.24. The first kappa shape index (κ1) is 15.0. The van der Waals surface area contributed by atoms with E-state index in [1.165, 1.54) is 12.0 Å². The minimum Gasteiger partial charge on any atom is -0.324 e. The molecule has 1 fully saturated rings. The highest BCUT2D eigenvalue weighted by molar-refractivity contribution is 5.96. The van der Waals surface area contributed by atoms with Gasteiger partial charge in [-0.15, -0.1) is 0 Å². The lowest BCUT2D eigenvalue weighted by Crippen LogP contribution is -2.47. The molecular weight excluding hydrogens is 248 g/mol. The number of carbonyl (C=O) groups excluding carboxylic acids is 1. The molecule has 20 heavy (non-hydrogen) atoms. The van der Waals surface area contributed by atoms with E-state index in [1.807, 2.05) is 0 Å². The van der Waals surface area contributed by atoms with Gasteiger partial charge in [0.15, 0.2) is 0 Å². The molecule has 0 bridgehead atoms. The Morgan fingerprint density at radius 2 is 1.90 bits per heavy atom. The fourth-order valence-electron chi connectivity index (χ4n) is 3.25. The van der Waals surface area contributed by atoms with Gasteiger partial charge in [-0.2, -0.15) is 0 Å². The molecule has 0 aliphatic carbocycles. The first-order chi connectivity index (χ1) is 9.52. The van der Waals surface area contributed by atoms with Gasteiger partial charge in [0.2, 0.25) is 5.91 Å². The van der Waals surface area contributed by atoms with Gasteiger partial charge in [0.1, 0.15) is 0 Å². The Hall–Kier alpha value is -1.35. The van der Waals surface area contributed by atoms with Crippen LogP contribution in [0, 0.1) is 20.8 Å². The summed E-state index contributed by atoms with van der Waals surface area (Å²) in [6.07, 6.45) is 3.34. The van der Waals surface area contributed by atoms with Crippen LogP contribution in [0.5, 0.6) is 0 Å². The molecule has 1 atom stereocenters. The van der Waals surface area contributed by atoms with Crippen LogP contribution >= 0.6 is 0 Å². The Labute approximate surface area is 122 Å². The predicted molar refractivity (Wildman–Crippen MR) is 84.2 cm³/mol. The zero-order chi connectivity index (χ0) is 14.7. The quantitative estimate of drug-likeness (QED) is 0.916. The summed E-state index contributed by atoms with van der Waals surface area (Å²) < 4.78 is 0. The second kappa shape index (κ2) is 6.40. The molecule has 3 nitrogen and oxygen atoms in total. The van der Waals surface area contributed by atoms with Crippen LogP contribution in [0.4, 0.5) is 5.69 Å². The van der Waals surface area contributed by atoms with Gasteiger partial charge in [-0.3, -0.25) is 9.69 Å². The SMILES string of the molecule is CCN1CCCCC1C(=O)Nc1c(C)cc(C)cc1C. The van der Waals surface area contributed by atoms with E-state index in [4.69, 9.17) is 0 Å². The number of nitrogens with zero attached hydrogens (tertiary/aromatic N) is 1. The molecule has 2 rings (SSSR count). The van der Waals surface area contributed by atoms with Gasteiger partial charge in [0.25, 0.3) is 0 Å². The van der Waals surface area contributed by atoms with E-state index in [2.05, 4.69) is 50.0 Å². The maximum atomic E-state index is 12.6. The van der Waals surface area contributed by atoms with Crippen molar-refractivity contribution < 1.29 is 4.79 Å². The summed E-state index contributed by atoms with van der Waals surface area (Å²) in [7, 11) is 0. The van der Waals surface area contributed by atoms with Gasteiger partial charge in [-0.05, 0) is 57.8 Å². The summed E-state index contributed by atoms with van der Waals surface area (Å²) in [5.41, 5.74) is 4.53. The van der Waals surface area contributed by atoms with E-state index in [-0.39, 0.29) is 11.9 Å². The zero-order valence-electron chi connectivity index (χ0n) is 13.1. The normalized spacial score (nSPS) is 19.9. The van der Waals surface area contributed by atoms with Gasteiger partial charge in [0, 0.05) is 5.69 Å².